The number of likely N-dealkylation sites (N-methyl/N-ethyl adjacent to an activating group) is 1. The van der Waals surface area contributed by atoms with Crippen molar-refractivity contribution in [1.29, 1.82) is 0 Å². The highest BCUT2D eigenvalue weighted by Crippen LogP contribution is 2.18. The fourth-order valence-corrected chi connectivity index (χ4v) is 2.82. The van der Waals surface area contributed by atoms with Crippen LogP contribution in [0.1, 0.15) is 5.89 Å². The number of rotatable bonds is 8. The highest BCUT2D eigenvalue weighted by atomic mass is 35.5. The molecule has 30 heavy (non-hydrogen) atoms. The lowest BCUT2D eigenvalue weighted by Crippen LogP contribution is -2.41. The molecule has 0 fully saturated rings. The Morgan fingerprint density at radius 1 is 1.23 bits per heavy atom. The van der Waals surface area contributed by atoms with Crippen LogP contribution in [0.5, 0.6) is 5.75 Å². The molecule has 0 amide bonds. The monoisotopic (exact) mass is 431 g/mol. The van der Waals surface area contributed by atoms with Crippen molar-refractivity contribution in [2.75, 3.05) is 33.8 Å². The molecule has 2 aromatic carbocycles. The number of guanidine groups is 1. The molecule has 3 aromatic rings. The molecule has 3 rings (SSSR count). The average molecular weight is 432 g/mol. The fourth-order valence-electron chi connectivity index (χ4n) is 2.70. The first-order chi connectivity index (χ1) is 14.6. The molecule has 0 unspecified atom stereocenters. The Hall–Kier alpha value is -3.13. The zero-order valence-corrected chi connectivity index (χ0v) is 17.6. The Balaban J connectivity index is 1.44. The minimum absolute atomic E-state index is 0.238. The highest BCUT2D eigenvalue weighted by Gasteiger charge is 2.10. The second-order valence-corrected chi connectivity index (χ2v) is 6.88. The molecule has 1 heterocycles. The van der Waals surface area contributed by atoms with Crippen LogP contribution in [0.2, 0.25) is 5.02 Å². The summed E-state index contributed by atoms with van der Waals surface area (Å²) in [5, 5.41) is 7.89. The summed E-state index contributed by atoms with van der Waals surface area (Å²) >= 11 is 5.90. The molecule has 0 aliphatic rings. The molecule has 0 radical (unpaired) electrons. The molecule has 0 aliphatic carbocycles. The van der Waals surface area contributed by atoms with E-state index in [0.29, 0.717) is 48.8 Å². The molecule has 1 aromatic heterocycles. The van der Waals surface area contributed by atoms with Gasteiger partial charge in [-0.3, -0.25) is 4.99 Å². The van der Waals surface area contributed by atoms with E-state index in [9.17, 15) is 4.39 Å². The third-order valence-corrected chi connectivity index (χ3v) is 4.54. The summed E-state index contributed by atoms with van der Waals surface area (Å²) in [5.74, 6) is 1.59. The van der Waals surface area contributed by atoms with E-state index in [1.54, 1.807) is 37.4 Å². The summed E-state index contributed by atoms with van der Waals surface area (Å²) in [6.45, 7) is 1.43. The van der Waals surface area contributed by atoms with Crippen LogP contribution in [0, 0.1) is 5.82 Å². The smallest absolute Gasteiger partial charge is 0.228 e. The SMILES string of the molecule is CN=C(NCCc1nc(-c2ccc(Cl)cc2)no1)N(C)CCOc1ccccc1F. The van der Waals surface area contributed by atoms with E-state index in [1.807, 2.05) is 24.1 Å². The van der Waals surface area contributed by atoms with Gasteiger partial charge in [-0.05, 0) is 36.4 Å². The summed E-state index contributed by atoms with van der Waals surface area (Å²) in [6, 6.07) is 13.6. The van der Waals surface area contributed by atoms with E-state index in [-0.39, 0.29) is 11.6 Å². The van der Waals surface area contributed by atoms with Gasteiger partial charge in [-0.2, -0.15) is 4.98 Å². The topological polar surface area (TPSA) is 75.8 Å². The van der Waals surface area contributed by atoms with Gasteiger partial charge >= 0.3 is 0 Å². The maximum Gasteiger partial charge on any atom is 0.228 e. The molecule has 0 saturated carbocycles. The van der Waals surface area contributed by atoms with E-state index in [4.69, 9.17) is 20.9 Å². The Kier molecular flexibility index (Phi) is 7.62. The largest absolute Gasteiger partial charge is 0.489 e. The van der Waals surface area contributed by atoms with Crippen molar-refractivity contribution in [3.63, 3.8) is 0 Å². The number of aliphatic imine (C=N–C) groups is 1. The standard InChI is InChI=1S/C21H23ClFN5O2/c1-24-21(28(2)13-14-29-18-6-4-3-5-17(18)23)25-12-11-19-26-20(27-30-19)15-7-9-16(22)10-8-15/h3-10H,11-14H2,1-2H3,(H,24,25). The Bertz CT molecular complexity index is 978. The summed E-state index contributed by atoms with van der Waals surface area (Å²) in [7, 11) is 3.58. The second-order valence-electron chi connectivity index (χ2n) is 6.44. The normalized spacial score (nSPS) is 11.4. The van der Waals surface area contributed by atoms with E-state index in [1.165, 1.54) is 6.07 Å². The van der Waals surface area contributed by atoms with Gasteiger partial charge < -0.3 is 19.5 Å². The van der Waals surface area contributed by atoms with Gasteiger partial charge in [0.05, 0.1) is 6.54 Å². The number of ether oxygens (including phenoxy) is 1. The van der Waals surface area contributed by atoms with Crippen molar-refractivity contribution < 1.29 is 13.7 Å². The average Bonchev–Trinajstić information content (AvgIpc) is 3.22. The Morgan fingerprint density at radius 3 is 2.73 bits per heavy atom. The van der Waals surface area contributed by atoms with Crippen molar-refractivity contribution in [2.45, 2.75) is 6.42 Å². The lowest BCUT2D eigenvalue weighted by atomic mass is 10.2. The predicted octanol–water partition coefficient (Wildman–Crippen LogP) is 3.66. The van der Waals surface area contributed by atoms with Crippen LogP contribution < -0.4 is 10.1 Å². The van der Waals surface area contributed by atoms with E-state index in [2.05, 4.69) is 20.4 Å². The highest BCUT2D eigenvalue weighted by molar-refractivity contribution is 6.30. The first-order valence-electron chi connectivity index (χ1n) is 9.44. The van der Waals surface area contributed by atoms with Crippen molar-refractivity contribution in [3.8, 4) is 17.1 Å². The van der Waals surface area contributed by atoms with Crippen LogP contribution in [0.4, 0.5) is 4.39 Å². The quantitative estimate of drug-likeness (QED) is 0.433. The van der Waals surface area contributed by atoms with Gasteiger partial charge in [-0.1, -0.05) is 28.9 Å². The molecule has 0 saturated heterocycles. The Morgan fingerprint density at radius 2 is 2.00 bits per heavy atom. The van der Waals surface area contributed by atoms with E-state index >= 15 is 0 Å². The minimum Gasteiger partial charge on any atom is -0.489 e. The van der Waals surface area contributed by atoms with Crippen LogP contribution in [0.15, 0.2) is 58.0 Å². The molecule has 158 valence electrons. The zero-order chi connectivity index (χ0) is 21.3. The lowest BCUT2D eigenvalue weighted by Gasteiger charge is -2.22. The number of hydrogen-bond donors (Lipinski definition) is 1. The van der Waals surface area contributed by atoms with Gasteiger partial charge in [-0.25, -0.2) is 4.39 Å². The summed E-state index contributed by atoms with van der Waals surface area (Å²) in [4.78, 5) is 10.5. The first kappa shape index (κ1) is 21.6. The summed E-state index contributed by atoms with van der Waals surface area (Å²) in [6.07, 6.45) is 0.541. The van der Waals surface area contributed by atoms with Crippen LogP contribution in [0.3, 0.4) is 0 Å². The van der Waals surface area contributed by atoms with Crippen LogP contribution in [-0.4, -0.2) is 54.8 Å². The molecule has 0 aliphatic heterocycles. The van der Waals surface area contributed by atoms with Crippen LogP contribution >= 0.6 is 11.6 Å². The molecule has 0 bridgehead atoms. The fraction of sp³-hybridized carbons (Fsp3) is 0.286. The van der Waals surface area contributed by atoms with E-state index in [0.717, 1.165) is 5.56 Å². The van der Waals surface area contributed by atoms with Gasteiger partial charge in [0.2, 0.25) is 11.7 Å². The van der Waals surface area contributed by atoms with Gasteiger partial charge in [0, 0.05) is 37.6 Å². The van der Waals surface area contributed by atoms with Crippen LogP contribution in [-0.2, 0) is 6.42 Å². The molecular weight excluding hydrogens is 409 g/mol. The predicted molar refractivity (Wildman–Crippen MR) is 114 cm³/mol. The van der Waals surface area contributed by atoms with Gasteiger partial charge in [0.15, 0.2) is 17.5 Å². The molecule has 1 N–H and O–H groups in total. The third kappa shape index (κ3) is 5.93. The zero-order valence-electron chi connectivity index (χ0n) is 16.8. The second kappa shape index (κ2) is 10.6. The van der Waals surface area contributed by atoms with Gasteiger partial charge in [-0.15, -0.1) is 0 Å². The van der Waals surface area contributed by atoms with Crippen molar-refractivity contribution in [1.82, 2.24) is 20.4 Å². The number of halogens is 2. The summed E-state index contributed by atoms with van der Waals surface area (Å²) in [5.41, 5.74) is 0.841. The minimum atomic E-state index is -0.375. The molecular formula is C21H23ClFN5O2. The maximum atomic E-state index is 13.6. The van der Waals surface area contributed by atoms with E-state index < -0.39 is 0 Å². The lowest BCUT2D eigenvalue weighted by molar-refractivity contribution is 0.270. The van der Waals surface area contributed by atoms with Crippen molar-refractivity contribution in [3.05, 3.63) is 65.3 Å². The molecule has 0 spiro atoms. The number of aromatic nitrogens is 2. The van der Waals surface area contributed by atoms with Crippen molar-refractivity contribution >= 4 is 17.6 Å². The number of benzene rings is 2. The molecule has 9 heteroatoms. The number of para-hydroxylation sites is 1. The number of nitrogens with one attached hydrogen (secondary N) is 1. The van der Waals surface area contributed by atoms with Gasteiger partial charge in [0.25, 0.3) is 0 Å². The molecule has 0 atom stereocenters. The maximum absolute atomic E-state index is 13.6. The van der Waals surface area contributed by atoms with Crippen molar-refractivity contribution in [2.24, 2.45) is 4.99 Å². The molecule has 7 nitrogen and oxygen atoms in total. The van der Waals surface area contributed by atoms with Crippen LogP contribution in [0.25, 0.3) is 11.4 Å². The Labute approximate surface area is 179 Å². The number of hydrogen-bond acceptors (Lipinski definition) is 5. The summed E-state index contributed by atoms with van der Waals surface area (Å²) < 4.78 is 24.4. The van der Waals surface area contributed by atoms with Gasteiger partial charge in [0.1, 0.15) is 6.61 Å². The first-order valence-corrected chi connectivity index (χ1v) is 9.82. The third-order valence-electron chi connectivity index (χ3n) is 4.29. The number of nitrogens with zero attached hydrogens (tertiary/aromatic N) is 4.